The molecule has 0 radical (unpaired) electrons. The summed E-state index contributed by atoms with van der Waals surface area (Å²) in [6.07, 6.45) is 4.34. The number of nitrogens with zero attached hydrogens (tertiary/aromatic N) is 2. The summed E-state index contributed by atoms with van der Waals surface area (Å²) in [6.45, 7) is 6.86. The molecule has 1 aliphatic rings. The normalized spacial score (nSPS) is 15.7. The Hall–Kier alpha value is -3.74. The van der Waals surface area contributed by atoms with Gasteiger partial charge in [-0.05, 0) is 71.3 Å². The van der Waals surface area contributed by atoms with Gasteiger partial charge in [-0.15, -0.1) is 0 Å². The van der Waals surface area contributed by atoms with E-state index in [1.165, 1.54) is 12.1 Å². The van der Waals surface area contributed by atoms with Gasteiger partial charge in [0.15, 0.2) is 6.10 Å². The molecular formula is C30H34FN3O3. The summed E-state index contributed by atoms with van der Waals surface area (Å²) in [6, 6.07) is 15.5. The molecule has 0 fully saturated rings. The fourth-order valence-electron chi connectivity index (χ4n) is 4.73. The molecule has 0 aliphatic carbocycles. The van der Waals surface area contributed by atoms with E-state index in [1.807, 2.05) is 62.1 Å². The van der Waals surface area contributed by atoms with Crippen LogP contribution in [0.15, 0.2) is 67.0 Å². The van der Waals surface area contributed by atoms with Crippen LogP contribution >= 0.6 is 0 Å². The van der Waals surface area contributed by atoms with Crippen LogP contribution in [0.4, 0.5) is 4.39 Å². The third kappa shape index (κ3) is 6.53. The maximum absolute atomic E-state index is 14.2. The molecule has 2 heterocycles. The minimum atomic E-state index is -0.676. The Morgan fingerprint density at radius 1 is 1.16 bits per heavy atom. The number of ether oxygens (including phenoxy) is 1. The summed E-state index contributed by atoms with van der Waals surface area (Å²) in [4.78, 5) is 32.0. The van der Waals surface area contributed by atoms with Crippen molar-refractivity contribution in [2.45, 2.75) is 58.7 Å². The molecule has 1 N–H and O–H groups in total. The van der Waals surface area contributed by atoms with Crippen LogP contribution in [-0.2, 0) is 22.6 Å². The Morgan fingerprint density at radius 2 is 2.00 bits per heavy atom. The van der Waals surface area contributed by atoms with Crippen molar-refractivity contribution in [1.82, 2.24) is 15.2 Å². The first kappa shape index (κ1) is 26.3. The van der Waals surface area contributed by atoms with Crippen LogP contribution in [0, 0.1) is 11.7 Å². The second-order valence-electron chi connectivity index (χ2n) is 9.85. The minimum absolute atomic E-state index is 0.0439. The molecule has 1 aliphatic heterocycles. The Balaban J connectivity index is 1.59. The molecule has 0 saturated heterocycles. The Bertz CT molecular complexity index is 1230. The molecule has 3 aromatic rings. The summed E-state index contributed by atoms with van der Waals surface area (Å²) < 4.78 is 20.4. The fourth-order valence-corrected chi connectivity index (χ4v) is 4.73. The summed E-state index contributed by atoms with van der Waals surface area (Å²) in [5.41, 5.74) is 3.61. The zero-order valence-electron chi connectivity index (χ0n) is 21.6. The van der Waals surface area contributed by atoms with Gasteiger partial charge in [0.2, 0.25) is 5.91 Å². The fraction of sp³-hybridized carbons (Fsp3) is 0.367. The topological polar surface area (TPSA) is 71.5 Å². The lowest BCUT2D eigenvalue weighted by molar-refractivity contribution is -0.134. The van der Waals surface area contributed by atoms with Crippen molar-refractivity contribution < 1.29 is 18.7 Å². The van der Waals surface area contributed by atoms with E-state index in [9.17, 15) is 14.0 Å². The number of carbonyl (C=O) groups excluding carboxylic acids is 2. The number of pyridine rings is 1. The first-order valence-corrected chi connectivity index (χ1v) is 12.9. The Labute approximate surface area is 217 Å². The Morgan fingerprint density at radius 3 is 2.70 bits per heavy atom. The first-order valence-electron chi connectivity index (χ1n) is 12.9. The van der Waals surface area contributed by atoms with Crippen LogP contribution in [0.5, 0.6) is 5.75 Å². The summed E-state index contributed by atoms with van der Waals surface area (Å²) in [7, 11) is 0. The molecule has 0 bridgehead atoms. The van der Waals surface area contributed by atoms with Crippen LogP contribution in [0.3, 0.4) is 0 Å². The average molecular weight is 504 g/mol. The van der Waals surface area contributed by atoms with E-state index in [2.05, 4.69) is 10.3 Å². The lowest BCUT2D eigenvalue weighted by Crippen LogP contribution is -2.41. The minimum Gasteiger partial charge on any atom is -0.481 e. The van der Waals surface area contributed by atoms with Crippen LogP contribution < -0.4 is 10.1 Å². The highest BCUT2D eigenvalue weighted by Crippen LogP contribution is 2.38. The molecule has 37 heavy (non-hydrogen) atoms. The van der Waals surface area contributed by atoms with Crippen LogP contribution in [0.2, 0.25) is 0 Å². The van der Waals surface area contributed by atoms with Crippen molar-refractivity contribution >= 4 is 11.8 Å². The monoisotopic (exact) mass is 503 g/mol. The highest BCUT2D eigenvalue weighted by molar-refractivity contribution is 5.81. The van der Waals surface area contributed by atoms with Crippen molar-refractivity contribution in [2.75, 3.05) is 6.54 Å². The number of rotatable bonds is 9. The van der Waals surface area contributed by atoms with E-state index in [1.54, 1.807) is 18.5 Å². The van der Waals surface area contributed by atoms with Gasteiger partial charge < -0.3 is 15.0 Å². The third-order valence-electron chi connectivity index (χ3n) is 6.54. The predicted octanol–water partition coefficient (Wildman–Crippen LogP) is 5.21. The number of amides is 2. The molecule has 4 rings (SSSR count). The molecule has 1 aromatic heterocycles. The number of hydrogen-bond acceptors (Lipinski definition) is 4. The molecule has 0 spiro atoms. The number of aromatic nitrogens is 1. The van der Waals surface area contributed by atoms with Gasteiger partial charge in [-0.1, -0.05) is 45.0 Å². The van der Waals surface area contributed by atoms with Crippen molar-refractivity contribution in [2.24, 2.45) is 5.92 Å². The number of halogens is 1. The maximum atomic E-state index is 14.2. The van der Waals surface area contributed by atoms with E-state index in [-0.39, 0.29) is 23.5 Å². The summed E-state index contributed by atoms with van der Waals surface area (Å²) >= 11 is 0. The van der Waals surface area contributed by atoms with Gasteiger partial charge in [0.1, 0.15) is 11.6 Å². The number of nitrogens with one attached hydrogen (secondary N) is 1. The van der Waals surface area contributed by atoms with E-state index >= 15 is 0 Å². The van der Waals surface area contributed by atoms with E-state index in [0.717, 1.165) is 22.3 Å². The van der Waals surface area contributed by atoms with E-state index in [4.69, 9.17) is 4.74 Å². The van der Waals surface area contributed by atoms with Crippen molar-refractivity contribution in [3.8, 4) is 5.75 Å². The second-order valence-corrected chi connectivity index (χ2v) is 9.85. The predicted molar refractivity (Wildman–Crippen MR) is 140 cm³/mol. The largest absolute Gasteiger partial charge is 0.481 e. The van der Waals surface area contributed by atoms with E-state index < -0.39 is 12.1 Å². The molecule has 6 nitrogen and oxygen atoms in total. The molecule has 2 atom stereocenters. The van der Waals surface area contributed by atoms with Gasteiger partial charge in [-0.3, -0.25) is 14.6 Å². The van der Waals surface area contributed by atoms with Gasteiger partial charge in [-0.2, -0.15) is 0 Å². The lowest BCUT2D eigenvalue weighted by Gasteiger charge is -2.38. The highest BCUT2D eigenvalue weighted by atomic mass is 19.1. The van der Waals surface area contributed by atoms with Crippen LogP contribution in [0.1, 0.15) is 61.9 Å². The third-order valence-corrected chi connectivity index (χ3v) is 6.54. The number of carbonyl (C=O) groups is 2. The van der Waals surface area contributed by atoms with Gasteiger partial charge in [0, 0.05) is 31.9 Å². The van der Waals surface area contributed by atoms with Crippen molar-refractivity contribution in [1.29, 1.82) is 0 Å². The van der Waals surface area contributed by atoms with Crippen molar-refractivity contribution in [3.05, 3.63) is 95.1 Å². The number of hydrogen-bond donors (Lipinski definition) is 1. The van der Waals surface area contributed by atoms with Crippen LogP contribution in [-0.4, -0.2) is 34.3 Å². The second kappa shape index (κ2) is 12.0. The molecule has 2 amide bonds. The maximum Gasteiger partial charge on any atom is 0.261 e. The molecule has 0 saturated carbocycles. The number of benzene rings is 2. The zero-order valence-corrected chi connectivity index (χ0v) is 21.6. The SMILES string of the molecule is CC[C@H](Oc1ccc2c(c1)[C@H](c1cccc(F)c1)N(C(=O)CC(C)C)CC2)C(=O)NCc1cccnc1. The summed E-state index contributed by atoms with van der Waals surface area (Å²) in [5, 5.41) is 2.92. The molecular weight excluding hydrogens is 469 g/mol. The average Bonchev–Trinajstić information content (AvgIpc) is 2.89. The van der Waals surface area contributed by atoms with Gasteiger partial charge >= 0.3 is 0 Å². The molecule has 2 aromatic carbocycles. The van der Waals surface area contributed by atoms with Crippen molar-refractivity contribution in [3.63, 3.8) is 0 Å². The molecule has 0 unspecified atom stereocenters. The van der Waals surface area contributed by atoms with Gasteiger partial charge in [0.25, 0.3) is 5.91 Å². The highest BCUT2D eigenvalue weighted by Gasteiger charge is 2.33. The molecule has 7 heteroatoms. The van der Waals surface area contributed by atoms with Gasteiger partial charge in [-0.25, -0.2) is 4.39 Å². The van der Waals surface area contributed by atoms with E-state index in [0.29, 0.717) is 38.1 Å². The number of fused-ring (bicyclic) bond motifs is 1. The lowest BCUT2D eigenvalue weighted by atomic mass is 9.87. The standard InChI is InChI=1S/C30H34FN3O3/c1-4-27(30(36)33-19-21-7-6-13-32-18-21)37-25-11-10-22-12-14-34(28(35)15-20(2)3)29(26(22)17-25)23-8-5-9-24(31)16-23/h5-11,13,16-18,20,27,29H,4,12,14-15,19H2,1-3H3,(H,33,36)/t27-,29-/m0/s1. The quantitative estimate of drug-likeness (QED) is 0.435. The zero-order chi connectivity index (χ0) is 26.4. The molecule has 194 valence electrons. The first-order chi connectivity index (χ1) is 17.9. The smallest absolute Gasteiger partial charge is 0.261 e. The summed E-state index contributed by atoms with van der Waals surface area (Å²) in [5.74, 6) is 0.250. The van der Waals surface area contributed by atoms with Crippen LogP contribution in [0.25, 0.3) is 0 Å². The van der Waals surface area contributed by atoms with Gasteiger partial charge in [0.05, 0.1) is 6.04 Å². The Kier molecular flexibility index (Phi) is 8.54.